The summed E-state index contributed by atoms with van der Waals surface area (Å²) in [6.45, 7) is 3.15. The third-order valence-electron chi connectivity index (χ3n) is 3.70. The van der Waals surface area contributed by atoms with Gasteiger partial charge in [0.15, 0.2) is 0 Å². The van der Waals surface area contributed by atoms with Gasteiger partial charge in [-0.3, -0.25) is 0 Å². The topological polar surface area (TPSA) is 12.0 Å². The first kappa shape index (κ1) is 15.6. The summed E-state index contributed by atoms with van der Waals surface area (Å²) in [4.78, 5) is 1.14. The van der Waals surface area contributed by atoms with Crippen LogP contribution in [0.4, 0.5) is 4.39 Å². The van der Waals surface area contributed by atoms with Crippen molar-refractivity contribution in [3.8, 4) is 0 Å². The summed E-state index contributed by atoms with van der Waals surface area (Å²) in [6.07, 6.45) is 8.87. The Bertz CT molecular complexity index is 427. The zero-order chi connectivity index (χ0) is 14.2. The molecule has 1 N–H and O–H groups in total. The molecular formula is C17H24FNS. The van der Waals surface area contributed by atoms with Crippen LogP contribution in [-0.2, 0) is 0 Å². The van der Waals surface area contributed by atoms with Crippen LogP contribution in [0.1, 0.15) is 39.0 Å². The van der Waals surface area contributed by atoms with Crippen LogP contribution in [0.15, 0.2) is 40.8 Å². The van der Waals surface area contributed by atoms with Gasteiger partial charge in [-0.25, -0.2) is 4.39 Å². The molecule has 1 aliphatic rings. The van der Waals surface area contributed by atoms with Crippen LogP contribution >= 0.6 is 11.8 Å². The standard InChI is InChI=1S/C17H24FNS/c1-2-19-17(14-7-5-3-4-6-8-14)13-20-16-11-9-15(18)10-12-16/h7,9-12,17,19H,2-6,8,13H2,1H3. The fourth-order valence-electron chi connectivity index (χ4n) is 2.61. The molecule has 0 spiro atoms. The molecule has 3 heteroatoms. The van der Waals surface area contributed by atoms with Crippen LogP contribution in [0.3, 0.4) is 0 Å². The predicted molar refractivity (Wildman–Crippen MR) is 85.8 cm³/mol. The normalized spacial score (nSPS) is 17.4. The zero-order valence-electron chi connectivity index (χ0n) is 12.2. The molecule has 20 heavy (non-hydrogen) atoms. The van der Waals surface area contributed by atoms with E-state index >= 15 is 0 Å². The third-order valence-corrected chi connectivity index (χ3v) is 4.81. The van der Waals surface area contributed by atoms with Crippen LogP contribution in [0.5, 0.6) is 0 Å². The van der Waals surface area contributed by atoms with Crippen molar-refractivity contribution in [3.05, 3.63) is 41.7 Å². The summed E-state index contributed by atoms with van der Waals surface area (Å²) in [5, 5.41) is 3.60. The van der Waals surface area contributed by atoms with Crippen molar-refractivity contribution in [2.45, 2.75) is 50.0 Å². The van der Waals surface area contributed by atoms with Crippen molar-refractivity contribution in [3.63, 3.8) is 0 Å². The first-order valence-corrected chi connectivity index (χ1v) is 8.59. The van der Waals surface area contributed by atoms with E-state index in [9.17, 15) is 4.39 Å². The molecule has 0 saturated carbocycles. The Balaban J connectivity index is 1.94. The average Bonchev–Trinajstić information content (AvgIpc) is 2.74. The Morgan fingerprint density at radius 2 is 2.00 bits per heavy atom. The van der Waals surface area contributed by atoms with Crippen LogP contribution < -0.4 is 5.32 Å². The molecule has 110 valence electrons. The molecule has 0 aromatic heterocycles. The first-order chi connectivity index (χ1) is 9.79. The van der Waals surface area contributed by atoms with Gasteiger partial charge in [-0.05, 0) is 56.5 Å². The van der Waals surface area contributed by atoms with Gasteiger partial charge in [-0.15, -0.1) is 11.8 Å². The highest BCUT2D eigenvalue weighted by Crippen LogP contribution is 2.25. The van der Waals surface area contributed by atoms with Gasteiger partial charge >= 0.3 is 0 Å². The highest BCUT2D eigenvalue weighted by molar-refractivity contribution is 7.99. The van der Waals surface area contributed by atoms with E-state index in [4.69, 9.17) is 0 Å². The van der Waals surface area contributed by atoms with E-state index in [2.05, 4.69) is 18.3 Å². The van der Waals surface area contributed by atoms with E-state index in [0.717, 1.165) is 17.2 Å². The summed E-state index contributed by atoms with van der Waals surface area (Å²) >= 11 is 1.81. The molecule has 1 aromatic rings. The second-order valence-electron chi connectivity index (χ2n) is 5.25. The minimum Gasteiger partial charge on any atom is -0.310 e. The second kappa shape index (κ2) is 8.48. The lowest BCUT2D eigenvalue weighted by atomic mass is 10.0. The van der Waals surface area contributed by atoms with E-state index in [1.165, 1.54) is 44.2 Å². The second-order valence-corrected chi connectivity index (χ2v) is 6.35. The lowest BCUT2D eigenvalue weighted by molar-refractivity contribution is 0.608. The maximum Gasteiger partial charge on any atom is 0.123 e. The number of rotatable bonds is 6. The maximum atomic E-state index is 12.9. The molecule has 1 unspecified atom stereocenters. The predicted octanol–water partition coefficient (Wildman–Crippen LogP) is 4.79. The number of hydrogen-bond donors (Lipinski definition) is 1. The lowest BCUT2D eigenvalue weighted by Crippen LogP contribution is -2.33. The lowest BCUT2D eigenvalue weighted by Gasteiger charge is -2.21. The highest BCUT2D eigenvalue weighted by atomic mass is 32.2. The van der Waals surface area contributed by atoms with Crippen molar-refractivity contribution in [2.75, 3.05) is 12.3 Å². The summed E-state index contributed by atoms with van der Waals surface area (Å²) in [7, 11) is 0. The summed E-state index contributed by atoms with van der Waals surface area (Å²) < 4.78 is 12.9. The Hall–Kier alpha value is -0.800. The van der Waals surface area contributed by atoms with Gasteiger partial charge in [0.05, 0.1) is 0 Å². The molecule has 1 atom stereocenters. The van der Waals surface area contributed by atoms with Gasteiger partial charge in [0.1, 0.15) is 5.82 Å². The molecule has 1 nitrogen and oxygen atoms in total. The Morgan fingerprint density at radius 3 is 2.75 bits per heavy atom. The first-order valence-electron chi connectivity index (χ1n) is 7.60. The van der Waals surface area contributed by atoms with Crippen LogP contribution in [0.2, 0.25) is 0 Å². The minimum atomic E-state index is -0.163. The Labute approximate surface area is 126 Å². The summed E-state index contributed by atoms with van der Waals surface area (Å²) in [5.41, 5.74) is 1.57. The number of hydrogen-bond acceptors (Lipinski definition) is 2. The summed E-state index contributed by atoms with van der Waals surface area (Å²) in [6, 6.07) is 7.26. The van der Waals surface area contributed by atoms with Gasteiger partial charge in [0.2, 0.25) is 0 Å². The number of benzene rings is 1. The SMILES string of the molecule is CCNC(CSc1ccc(F)cc1)C1=CCCCCC1. The summed E-state index contributed by atoms with van der Waals surface area (Å²) in [5.74, 6) is 0.856. The quantitative estimate of drug-likeness (QED) is 0.598. The average molecular weight is 293 g/mol. The molecule has 0 saturated heterocycles. The molecule has 0 aliphatic heterocycles. The van der Waals surface area contributed by atoms with Crippen molar-refractivity contribution in [1.29, 1.82) is 0 Å². The number of nitrogens with one attached hydrogen (secondary N) is 1. The van der Waals surface area contributed by atoms with Gasteiger partial charge < -0.3 is 5.32 Å². The van der Waals surface area contributed by atoms with Crippen molar-refractivity contribution < 1.29 is 4.39 Å². The Morgan fingerprint density at radius 1 is 1.20 bits per heavy atom. The largest absolute Gasteiger partial charge is 0.310 e. The number of halogens is 1. The minimum absolute atomic E-state index is 0.163. The molecule has 0 radical (unpaired) electrons. The zero-order valence-corrected chi connectivity index (χ0v) is 13.0. The fourth-order valence-corrected chi connectivity index (χ4v) is 3.63. The molecule has 0 bridgehead atoms. The van der Waals surface area contributed by atoms with Gasteiger partial charge in [-0.2, -0.15) is 0 Å². The maximum absolute atomic E-state index is 12.9. The van der Waals surface area contributed by atoms with Crippen LogP contribution in [0, 0.1) is 5.82 Å². The molecule has 0 heterocycles. The molecule has 1 aromatic carbocycles. The Kier molecular flexibility index (Phi) is 6.61. The van der Waals surface area contributed by atoms with Crippen LogP contribution in [-0.4, -0.2) is 18.3 Å². The van der Waals surface area contributed by atoms with Crippen molar-refractivity contribution in [2.24, 2.45) is 0 Å². The number of allylic oxidation sites excluding steroid dienone is 1. The van der Waals surface area contributed by atoms with Crippen LogP contribution in [0.25, 0.3) is 0 Å². The molecular weight excluding hydrogens is 269 g/mol. The monoisotopic (exact) mass is 293 g/mol. The van der Waals surface area contributed by atoms with E-state index in [1.807, 2.05) is 23.9 Å². The molecule has 1 aliphatic carbocycles. The number of likely N-dealkylation sites (N-methyl/N-ethyl adjacent to an activating group) is 1. The van der Waals surface area contributed by atoms with E-state index in [-0.39, 0.29) is 5.82 Å². The van der Waals surface area contributed by atoms with Gasteiger partial charge in [-0.1, -0.05) is 25.0 Å². The highest BCUT2D eigenvalue weighted by Gasteiger charge is 2.15. The number of thioether (sulfide) groups is 1. The van der Waals surface area contributed by atoms with Crippen molar-refractivity contribution in [1.82, 2.24) is 5.32 Å². The van der Waals surface area contributed by atoms with Gasteiger partial charge in [0, 0.05) is 16.7 Å². The molecule has 2 rings (SSSR count). The third kappa shape index (κ3) is 4.95. The molecule has 0 amide bonds. The van der Waals surface area contributed by atoms with Crippen molar-refractivity contribution >= 4 is 11.8 Å². The fraction of sp³-hybridized carbons (Fsp3) is 0.529. The van der Waals surface area contributed by atoms with E-state index < -0.39 is 0 Å². The molecule has 0 fully saturated rings. The smallest absolute Gasteiger partial charge is 0.123 e. The van der Waals surface area contributed by atoms with Gasteiger partial charge in [0.25, 0.3) is 0 Å². The van der Waals surface area contributed by atoms with E-state index in [0.29, 0.717) is 6.04 Å². The van der Waals surface area contributed by atoms with E-state index in [1.54, 1.807) is 5.57 Å².